The van der Waals surface area contributed by atoms with Crippen LogP contribution in [0.5, 0.6) is 0 Å². The van der Waals surface area contributed by atoms with Gasteiger partial charge in [0.2, 0.25) is 0 Å². The van der Waals surface area contributed by atoms with Crippen molar-refractivity contribution in [2.45, 2.75) is 58.0 Å². The van der Waals surface area contributed by atoms with Crippen LogP contribution in [0.4, 0.5) is 0 Å². The van der Waals surface area contributed by atoms with Gasteiger partial charge in [0, 0.05) is 18.6 Å². The van der Waals surface area contributed by atoms with Crippen molar-refractivity contribution < 1.29 is 0 Å². The predicted octanol–water partition coefficient (Wildman–Crippen LogP) is 1.93. The molecule has 0 saturated carbocycles. The Morgan fingerprint density at radius 3 is 2.33 bits per heavy atom. The van der Waals surface area contributed by atoms with E-state index >= 15 is 0 Å². The van der Waals surface area contributed by atoms with Gasteiger partial charge in [-0.25, -0.2) is 0 Å². The largest absolute Gasteiger partial charge is 0.312 e. The highest BCUT2D eigenvalue weighted by atomic mass is 15.2. The van der Waals surface area contributed by atoms with Crippen molar-refractivity contribution >= 4 is 0 Å². The zero-order valence-electron chi connectivity index (χ0n) is 12.3. The molecule has 0 radical (unpaired) electrons. The second-order valence-corrected chi connectivity index (χ2v) is 6.06. The van der Waals surface area contributed by atoms with E-state index in [2.05, 4.69) is 29.0 Å². The fraction of sp³-hybridized carbons (Fsp3) is 1.00. The number of nitrogens with zero attached hydrogens (tertiary/aromatic N) is 2. The fourth-order valence-corrected chi connectivity index (χ4v) is 3.28. The molecule has 106 valence electrons. The molecule has 0 aliphatic carbocycles. The van der Waals surface area contributed by atoms with Crippen LogP contribution >= 0.6 is 0 Å². The Morgan fingerprint density at radius 1 is 1.06 bits per heavy atom. The van der Waals surface area contributed by atoms with Crippen molar-refractivity contribution in [3.05, 3.63) is 0 Å². The first kappa shape index (κ1) is 14.3. The number of nitrogens with one attached hydrogen (secondary N) is 1. The third-order valence-electron chi connectivity index (χ3n) is 4.75. The second kappa shape index (κ2) is 7.46. The molecule has 1 N–H and O–H groups in total. The Kier molecular flexibility index (Phi) is 5.93. The van der Waals surface area contributed by atoms with E-state index in [4.69, 9.17) is 0 Å². The molecule has 2 fully saturated rings. The Morgan fingerprint density at radius 2 is 1.72 bits per heavy atom. The maximum Gasteiger partial charge on any atom is 0.0192 e. The van der Waals surface area contributed by atoms with E-state index < -0.39 is 0 Å². The molecule has 2 saturated heterocycles. The summed E-state index contributed by atoms with van der Waals surface area (Å²) >= 11 is 0. The van der Waals surface area contributed by atoms with Gasteiger partial charge in [-0.2, -0.15) is 0 Å². The van der Waals surface area contributed by atoms with E-state index in [1.165, 1.54) is 71.4 Å². The third-order valence-corrected chi connectivity index (χ3v) is 4.75. The van der Waals surface area contributed by atoms with Gasteiger partial charge in [-0.05, 0) is 65.3 Å². The lowest BCUT2D eigenvalue weighted by molar-refractivity contribution is 0.157. The van der Waals surface area contributed by atoms with E-state index in [1.54, 1.807) is 0 Å². The molecule has 1 atom stereocenters. The summed E-state index contributed by atoms with van der Waals surface area (Å²) in [5.41, 5.74) is 0. The first-order chi connectivity index (χ1) is 8.79. The molecule has 0 bridgehead atoms. The highest BCUT2D eigenvalue weighted by Gasteiger charge is 2.20. The quantitative estimate of drug-likeness (QED) is 0.808. The van der Waals surface area contributed by atoms with Crippen molar-refractivity contribution in [2.75, 3.05) is 39.3 Å². The van der Waals surface area contributed by atoms with Crippen LogP contribution in [0.2, 0.25) is 0 Å². The fourth-order valence-electron chi connectivity index (χ4n) is 3.28. The van der Waals surface area contributed by atoms with Crippen LogP contribution in [0.3, 0.4) is 0 Å². The Hall–Kier alpha value is -0.120. The van der Waals surface area contributed by atoms with E-state index in [1.807, 2.05) is 0 Å². The van der Waals surface area contributed by atoms with Crippen LogP contribution in [0, 0.1) is 0 Å². The number of hydrogen-bond donors (Lipinski definition) is 1. The van der Waals surface area contributed by atoms with E-state index in [0.717, 1.165) is 12.1 Å². The Labute approximate surface area is 113 Å². The highest BCUT2D eigenvalue weighted by Crippen LogP contribution is 2.13. The van der Waals surface area contributed by atoms with Crippen molar-refractivity contribution in [1.29, 1.82) is 0 Å². The average Bonchev–Trinajstić information content (AvgIpc) is 2.46. The summed E-state index contributed by atoms with van der Waals surface area (Å²) in [6, 6.07) is 1.48. The number of hydrogen-bond acceptors (Lipinski definition) is 3. The summed E-state index contributed by atoms with van der Waals surface area (Å²) in [7, 11) is 0. The summed E-state index contributed by atoms with van der Waals surface area (Å²) in [5.74, 6) is 0. The van der Waals surface area contributed by atoms with Gasteiger partial charge >= 0.3 is 0 Å². The van der Waals surface area contributed by atoms with Crippen LogP contribution in [-0.4, -0.2) is 61.2 Å². The van der Waals surface area contributed by atoms with Crippen LogP contribution in [0.25, 0.3) is 0 Å². The summed E-state index contributed by atoms with van der Waals surface area (Å²) in [6.45, 7) is 12.3. The second-order valence-electron chi connectivity index (χ2n) is 6.06. The first-order valence-electron chi connectivity index (χ1n) is 7.99. The summed E-state index contributed by atoms with van der Waals surface area (Å²) < 4.78 is 0. The maximum absolute atomic E-state index is 3.79. The SMILES string of the molecule is CCN1CCC(NCC(C)N2CCCCC2)CC1. The monoisotopic (exact) mass is 253 g/mol. The van der Waals surface area contributed by atoms with Gasteiger partial charge in [0.1, 0.15) is 0 Å². The maximum atomic E-state index is 3.79. The number of rotatable bonds is 5. The van der Waals surface area contributed by atoms with Crippen LogP contribution in [0.15, 0.2) is 0 Å². The summed E-state index contributed by atoms with van der Waals surface area (Å²) in [5, 5.41) is 3.79. The third kappa shape index (κ3) is 4.22. The molecule has 0 aromatic rings. The predicted molar refractivity (Wildman–Crippen MR) is 78.0 cm³/mol. The van der Waals surface area contributed by atoms with E-state index in [9.17, 15) is 0 Å². The van der Waals surface area contributed by atoms with Gasteiger partial charge < -0.3 is 10.2 Å². The van der Waals surface area contributed by atoms with E-state index in [-0.39, 0.29) is 0 Å². The lowest BCUT2D eigenvalue weighted by atomic mass is 10.0. The zero-order chi connectivity index (χ0) is 12.8. The molecule has 2 heterocycles. The van der Waals surface area contributed by atoms with Crippen LogP contribution < -0.4 is 5.32 Å². The van der Waals surface area contributed by atoms with Gasteiger partial charge in [0.15, 0.2) is 0 Å². The smallest absolute Gasteiger partial charge is 0.0192 e. The Balaban J connectivity index is 1.62. The average molecular weight is 253 g/mol. The molecule has 0 aromatic carbocycles. The minimum Gasteiger partial charge on any atom is -0.312 e. The molecule has 0 aromatic heterocycles. The topological polar surface area (TPSA) is 18.5 Å². The molecule has 3 nitrogen and oxygen atoms in total. The number of likely N-dealkylation sites (tertiary alicyclic amines) is 2. The van der Waals surface area contributed by atoms with Gasteiger partial charge in [-0.15, -0.1) is 0 Å². The van der Waals surface area contributed by atoms with Crippen molar-refractivity contribution in [2.24, 2.45) is 0 Å². The van der Waals surface area contributed by atoms with Gasteiger partial charge in [0.25, 0.3) is 0 Å². The van der Waals surface area contributed by atoms with Crippen LogP contribution in [0.1, 0.15) is 46.0 Å². The van der Waals surface area contributed by atoms with Gasteiger partial charge in [-0.1, -0.05) is 13.3 Å². The standard InChI is InChI=1S/C15H31N3/c1-3-17-11-7-15(8-12-17)16-13-14(2)18-9-5-4-6-10-18/h14-16H,3-13H2,1-2H3. The molecular formula is C15H31N3. The molecule has 3 heteroatoms. The molecule has 2 aliphatic rings. The minimum absolute atomic E-state index is 0.717. The first-order valence-corrected chi connectivity index (χ1v) is 7.99. The Bertz CT molecular complexity index is 218. The van der Waals surface area contributed by atoms with Crippen LogP contribution in [-0.2, 0) is 0 Å². The molecule has 0 amide bonds. The highest BCUT2D eigenvalue weighted by molar-refractivity contribution is 4.80. The molecule has 2 rings (SSSR count). The zero-order valence-corrected chi connectivity index (χ0v) is 12.3. The van der Waals surface area contributed by atoms with Crippen molar-refractivity contribution in [1.82, 2.24) is 15.1 Å². The van der Waals surface area contributed by atoms with E-state index in [0.29, 0.717) is 0 Å². The van der Waals surface area contributed by atoms with Crippen molar-refractivity contribution in [3.63, 3.8) is 0 Å². The lowest BCUT2D eigenvalue weighted by Crippen LogP contribution is -2.48. The minimum atomic E-state index is 0.717. The molecular weight excluding hydrogens is 222 g/mol. The molecule has 18 heavy (non-hydrogen) atoms. The van der Waals surface area contributed by atoms with Gasteiger partial charge in [0.05, 0.1) is 0 Å². The molecule has 1 unspecified atom stereocenters. The van der Waals surface area contributed by atoms with Crippen molar-refractivity contribution in [3.8, 4) is 0 Å². The lowest BCUT2D eigenvalue weighted by Gasteiger charge is -2.35. The number of piperidine rings is 2. The summed E-state index contributed by atoms with van der Waals surface area (Å²) in [4.78, 5) is 5.23. The molecule has 0 spiro atoms. The van der Waals surface area contributed by atoms with Gasteiger partial charge in [-0.3, -0.25) is 4.90 Å². The normalized spacial score (nSPS) is 26.3. The summed E-state index contributed by atoms with van der Waals surface area (Å²) in [6.07, 6.45) is 6.91. The molecule has 2 aliphatic heterocycles.